The third-order valence-corrected chi connectivity index (χ3v) is 3.14. The van der Waals surface area contributed by atoms with Gasteiger partial charge in [-0.05, 0) is 6.07 Å². The van der Waals surface area contributed by atoms with E-state index in [1.807, 2.05) is 6.07 Å². The highest BCUT2D eigenvalue weighted by atomic mass is 15.4. The molecule has 3 heterocycles. The zero-order valence-corrected chi connectivity index (χ0v) is 10.4. The van der Waals surface area contributed by atoms with Crippen LogP contribution in [-0.2, 0) is 0 Å². The third-order valence-electron chi connectivity index (χ3n) is 3.14. The predicted octanol–water partition coefficient (Wildman–Crippen LogP) is -1.16. The molecule has 0 bridgehead atoms. The number of allylic oxidation sites excluding steroid dienone is 2. The lowest BCUT2D eigenvalue weighted by molar-refractivity contribution is 0.535. The summed E-state index contributed by atoms with van der Waals surface area (Å²) in [6, 6.07) is 5.79. The zero-order valence-electron chi connectivity index (χ0n) is 10.4. The number of dihydropyridines is 1. The summed E-state index contributed by atoms with van der Waals surface area (Å²) in [7, 11) is 0. The van der Waals surface area contributed by atoms with Gasteiger partial charge in [-0.15, -0.1) is 0 Å². The number of fused-ring (bicyclic) bond motifs is 1. The first-order valence-corrected chi connectivity index (χ1v) is 5.87. The smallest absolute Gasteiger partial charge is 0.151 e. The van der Waals surface area contributed by atoms with E-state index >= 15 is 0 Å². The average molecular weight is 268 g/mol. The van der Waals surface area contributed by atoms with Crippen molar-refractivity contribution < 1.29 is 0 Å². The highest BCUT2D eigenvalue weighted by molar-refractivity contribution is 6.10. The molecule has 0 saturated heterocycles. The number of hydrogen-bond donors (Lipinski definition) is 5. The second-order valence-electron chi connectivity index (χ2n) is 4.24. The summed E-state index contributed by atoms with van der Waals surface area (Å²) in [6.07, 6.45) is 3.01. The Kier molecular flexibility index (Phi) is 2.74. The number of rotatable bonds is 2. The van der Waals surface area contributed by atoms with E-state index in [1.165, 1.54) is 0 Å². The van der Waals surface area contributed by atoms with Gasteiger partial charge in [0.25, 0.3) is 0 Å². The van der Waals surface area contributed by atoms with Gasteiger partial charge in [0.15, 0.2) is 5.84 Å². The number of hydrazine groups is 1. The van der Waals surface area contributed by atoms with E-state index in [9.17, 15) is 5.26 Å². The van der Waals surface area contributed by atoms with Crippen LogP contribution in [0.2, 0.25) is 0 Å². The van der Waals surface area contributed by atoms with Gasteiger partial charge in [0.1, 0.15) is 23.6 Å². The average Bonchev–Trinajstić information content (AvgIpc) is 2.87. The number of aromatic nitrogens is 1. The van der Waals surface area contributed by atoms with Gasteiger partial charge in [0.05, 0.1) is 0 Å². The van der Waals surface area contributed by atoms with E-state index in [2.05, 4.69) is 32.3 Å². The molecule has 0 spiro atoms. The molecule has 8 heteroatoms. The van der Waals surface area contributed by atoms with Crippen LogP contribution in [0.15, 0.2) is 46.6 Å². The fourth-order valence-electron chi connectivity index (χ4n) is 2.30. The summed E-state index contributed by atoms with van der Waals surface area (Å²) in [4.78, 5) is 4.08. The van der Waals surface area contributed by atoms with Crippen LogP contribution in [0.5, 0.6) is 0 Å². The molecule has 1 unspecified atom stereocenters. The standard InChI is InChI=1S/C12H12N8/c13-4-7-8(6-2-1-3-16-5-6)9-10(14)19-20-12(9)17-11(7)18-15/h1-3,5,12,17-18,20H,15H2,(H2,14,19). The van der Waals surface area contributed by atoms with Crippen molar-refractivity contribution in [3.63, 3.8) is 0 Å². The van der Waals surface area contributed by atoms with Crippen molar-refractivity contribution in [1.82, 2.24) is 21.2 Å². The molecule has 0 aliphatic carbocycles. The topological polar surface area (TPSA) is 137 Å². The molecule has 1 aromatic rings. The van der Waals surface area contributed by atoms with E-state index in [0.717, 1.165) is 5.56 Å². The number of nitrogens with one attached hydrogen (secondary N) is 3. The minimum atomic E-state index is -0.326. The molecule has 8 nitrogen and oxygen atoms in total. The Balaban J connectivity index is 2.27. The van der Waals surface area contributed by atoms with Crippen molar-refractivity contribution in [3.05, 3.63) is 47.1 Å². The Morgan fingerprint density at radius 3 is 2.95 bits per heavy atom. The normalized spacial score (nSPS) is 20.6. The lowest BCUT2D eigenvalue weighted by atomic mass is 9.90. The number of hydrazone groups is 1. The highest BCUT2D eigenvalue weighted by Crippen LogP contribution is 2.33. The molecule has 7 N–H and O–H groups in total. The van der Waals surface area contributed by atoms with Gasteiger partial charge in [-0.1, -0.05) is 6.07 Å². The van der Waals surface area contributed by atoms with Crippen LogP contribution in [0.4, 0.5) is 0 Å². The minimum absolute atomic E-state index is 0.326. The number of nitriles is 1. The quantitative estimate of drug-likeness (QED) is 0.337. The first-order chi connectivity index (χ1) is 9.76. The summed E-state index contributed by atoms with van der Waals surface area (Å²) in [6.45, 7) is 0. The maximum Gasteiger partial charge on any atom is 0.151 e. The molecule has 0 radical (unpaired) electrons. The lowest BCUT2D eigenvalue weighted by Crippen LogP contribution is -2.47. The predicted molar refractivity (Wildman–Crippen MR) is 72.8 cm³/mol. The molecule has 0 fully saturated rings. The van der Waals surface area contributed by atoms with Gasteiger partial charge in [-0.25, -0.2) is 5.84 Å². The molecular weight excluding hydrogens is 256 g/mol. The SMILES string of the molecule is N#CC1=C(NN)NC2NN=C(N)C2=C1c1cccnc1. The van der Waals surface area contributed by atoms with E-state index in [1.54, 1.807) is 18.5 Å². The maximum atomic E-state index is 9.43. The van der Waals surface area contributed by atoms with Crippen molar-refractivity contribution in [2.45, 2.75) is 6.17 Å². The molecular formula is C12H12N8. The molecule has 100 valence electrons. The number of nitrogens with two attached hydrogens (primary N) is 2. The summed E-state index contributed by atoms with van der Waals surface area (Å²) < 4.78 is 0. The number of hydrogen-bond acceptors (Lipinski definition) is 8. The molecule has 20 heavy (non-hydrogen) atoms. The Morgan fingerprint density at radius 2 is 2.30 bits per heavy atom. The monoisotopic (exact) mass is 268 g/mol. The highest BCUT2D eigenvalue weighted by Gasteiger charge is 2.34. The number of pyridine rings is 1. The van der Waals surface area contributed by atoms with Crippen LogP contribution >= 0.6 is 0 Å². The van der Waals surface area contributed by atoms with Crippen molar-refractivity contribution in [2.75, 3.05) is 0 Å². The van der Waals surface area contributed by atoms with E-state index in [-0.39, 0.29) is 6.17 Å². The van der Waals surface area contributed by atoms with Crippen LogP contribution in [0.1, 0.15) is 5.56 Å². The number of amidine groups is 1. The number of nitrogens with zero attached hydrogens (tertiary/aromatic N) is 3. The molecule has 0 aromatic carbocycles. The molecule has 0 amide bonds. The van der Waals surface area contributed by atoms with Crippen LogP contribution in [0.25, 0.3) is 5.57 Å². The fourth-order valence-corrected chi connectivity index (χ4v) is 2.30. The molecule has 3 rings (SSSR count). The summed E-state index contributed by atoms with van der Waals surface area (Å²) in [5.74, 6) is 6.22. The van der Waals surface area contributed by atoms with Crippen LogP contribution in [0.3, 0.4) is 0 Å². The van der Waals surface area contributed by atoms with Gasteiger partial charge in [-0.2, -0.15) is 10.4 Å². The van der Waals surface area contributed by atoms with Gasteiger partial charge < -0.3 is 16.5 Å². The van der Waals surface area contributed by atoms with E-state index in [4.69, 9.17) is 11.6 Å². The molecule has 1 atom stereocenters. The van der Waals surface area contributed by atoms with Crippen LogP contribution < -0.4 is 27.7 Å². The van der Waals surface area contributed by atoms with Gasteiger partial charge in [0, 0.05) is 29.1 Å². The maximum absolute atomic E-state index is 9.43. The van der Waals surface area contributed by atoms with Crippen molar-refractivity contribution >= 4 is 11.4 Å². The van der Waals surface area contributed by atoms with E-state index < -0.39 is 0 Å². The van der Waals surface area contributed by atoms with Gasteiger partial charge in [0.2, 0.25) is 0 Å². The summed E-state index contributed by atoms with van der Waals surface area (Å²) in [5.41, 5.74) is 13.8. The Hall–Kier alpha value is -3.05. The van der Waals surface area contributed by atoms with Crippen molar-refractivity contribution in [1.29, 1.82) is 5.26 Å². The fraction of sp³-hybridized carbons (Fsp3) is 0.0833. The largest absolute Gasteiger partial charge is 0.382 e. The second kappa shape index (κ2) is 4.56. The molecule has 0 saturated carbocycles. The molecule has 2 aliphatic heterocycles. The Morgan fingerprint density at radius 1 is 1.45 bits per heavy atom. The molecule has 1 aromatic heterocycles. The first kappa shape index (κ1) is 12.0. The second-order valence-corrected chi connectivity index (χ2v) is 4.24. The minimum Gasteiger partial charge on any atom is -0.382 e. The van der Waals surface area contributed by atoms with Gasteiger partial charge in [-0.3, -0.25) is 10.4 Å². The first-order valence-electron chi connectivity index (χ1n) is 5.87. The Labute approximate surface area is 114 Å². The van der Waals surface area contributed by atoms with Crippen LogP contribution in [0, 0.1) is 11.3 Å². The third kappa shape index (κ3) is 1.65. The summed E-state index contributed by atoms with van der Waals surface area (Å²) >= 11 is 0. The lowest BCUT2D eigenvalue weighted by Gasteiger charge is -2.27. The molecule has 2 aliphatic rings. The van der Waals surface area contributed by atoms with E-state index in [0.29, 0.717) is 28.4 Å². The van der Waals surface area contributed by atoms with Gasteiger partial charge >= 0.3 is 0 Å². The zero-order chi connectivity index (χ0) is 14.1. The van der Waals surface area contributed by atoms with Crippen LogP contribution in [-0.4, -0.2) is 17.0 Å². The summed E-state index contributed by atoms with van der Waals surface area (Å²) in [5, 5.41) is 16.5. The Bertz CT molecular complexity index is 679. The van der Waals surface area contributed by atoms with Crippen molar-refractivity contribution in [2.24, 2.45) is 16.7 Å². The van der Waals surface area contributed by atoms with Crippen molar-refractivity contribution in [3.8, 4) is 6.07 Å².